The van der Waals surface area contributed by atoms with Crippen LogP contribution in [0.15, 0.2) is 10.5 Å². The molecule has 1 nitrogen and oxygen atoms in total. The highest BCUT2D eigenvalue weighted by atomic mass is 79.9. The SMILES string of the molecule is CNC(c1cc(Br)c(Cl)s1)C(F)(F)C(F)(F)F. The zero-order valence-corrected chi connectivity index (χ0v) is 11.4. The Balaban J connectivity index is 3.16. The van der Waals surface area contributed by atoms with Crippen molar-refractivity contribution in [1.29, 1.82) is 0 Å². The Bertz CT molecular complexity index is 386. The fourth-order valence-electron chi connectivity index (χ4n) is 1.17. The van der Waals surface area contributed by atoms with E-state index in [1.54, 1.807) is 0 Å². The van der Waals surface area contributed by atoms with Gasteiger partial charge in [-0.1, -0.05) is 11.6 Å². The Hall–Kier alpha value is 0.0800. The molecular weight excluding hydrogens is 353 g/mol. The zero-order chi connectivity index (χ0) is 13.4. The average molecular weight is 359 g/mol. The monoisotopic (exact) mass is 357 g/mol. The van der Waals surface area contributed by atoms with Crippen LogP contribution in [-0.2, 0) is 0 Å². The summed E-state index contributed by atoms with van der Waals surface area (Å²) in [6.07, 6.45) is -5.62. The van der Waals surface area contributed by atoms with Gasteiger partial charge in [0.25, 0.3) is 0 Å². The Labute approximate surface area is 111 Å². The molecule has 0 aromatic carbocycles. The summed E-state index contributed by atoms with van der Waals surface area (Å²) in [6, 6.07) is -1.01. The molecule has 0 amide bonds. The highest BCUT2D eigenvalue weighted by Crippen LogP contribution is 2.47. The first-order valence-corrected chi connectivity index (χ1v) is 6.16. The van der Waals surface area contributed by atoms with Crippen LogP contribution >= 0.6 is 38.9 Å². The van der Waals surface area contributed by atoms with Crippen LogP contribution in [0.1, 0.15) is 10.9 Å². The van der Waals surface area contributed by atoms with Crippen LogP contribution in [0, 0.1) is 0 Å². The van der Waals surface area contributed by atoms with Crippen molar-refractivity contribution in [2.75, 3.05) is 7.05 Å². The third kappa shape index (κ3) is 2.91. The van der Waals surface area contributed by atoms with Crippen LogP contribution in [0.2, 0.25) is 4.34 Å². The van der Waals surface area contributed by atoms with E-state index >= 15 is 0 Å². The van der Waals surface area contributed by atoms with Crippen molar-refractivity contribution < 1.29 is 22.0 Å². The van der Waals surface area contributed by atoms with Crippen LogP contribution in [0.4, 0.5) is 22.0 Å². The summed E-state index contributed by atoms with van der Waals surface area (Å²) in [7, 11) is 1.03. The van der Waals surface area contributed by atoms with Gasteiger partial charge in [0.1, 0.15) is 10.4 Å². The molecule has 1 rings (SSSR count). The maximum Gasteiger partial charge on any atom is 0.455 e. The number of rotatable bonds is 3. The number of hydrogen-bond donors (Lipinski definition) is 1. The Morgan fingerprint density at radius 3 is 2.18 bits per heavy atom. The molecule has 0 aliphatic rings. The Morgan fingerprint density at radius 1 is 1.35 bits per heavy atom. The third-order valence-electron chi connectivity index (χ3n) is 1.98. The fraction of sp³-hybridized carbons (Fsp3) is 0.500. The summed E-state index contributed by atoms with van der Waals surface area (Å²) < 4.78 is 63.5. The van der Waals surface area contributed by atoms with Gasteiger partial charge >= 0.3 is 12.1 Å². The number of nitrogens with one attached hydrogen (secondary N) is 1. The Morgan fingerprint density at radius 2 is 1.88 bits per heavy atom. The molecule has 0 aliphatic carbocycles. The van der Waals surface area contributed by atoms with Gasteiger partial charge in [-0.05, 0) is 29.0 Å². The van der Waals surface area contributed by atoms with E-state index in [0.29, 0.717) is 11.3 Å². The van der Waals surface area contributed by atoms with E-state index in [9.17, 15) is 22.0 Å². The minimum atomic E-state index is -5.62. The number of hydrogen-bond acceptors (Lipinski definition) is 2. The number of halogens is 7. The van der Waals surface area contributed by atoms with E-state index in [1.165, 1.54) is 0 Å². The van der Waals surface area contributed by atoms with Gasteiger partial charge in [0.2, 0.25) is 0 Å². The quantitative estimate of drug-likeness (QED) is 0.777. The average Bonchev–Trinajstić information content (AvgIpc) is 2.45. The van der Waals surface area contributed by atoms with Crippen molar-refractivity contribution in [3.63, 3.8) is 0 Å². The second-order valence-electron chi connectivity index (χ2n) is 3.11. The maximum atomic E-state index is 13.2. The molecule has 0 fully saturated rings. The molecule has 17 heavy (non-hydrogen) atoms. The first kappa shape index (κ1) is 15.1. The standard InChI is InChI=1S/C8H6BrClF5NS/c1-16-5(7(11,12)8(13,14)15)4-2-3(9)6(10)17-4/h2,5,16H,1H3. The molecule has 0 aliphatic heterocycles. The van der Waals surface area contributed by atoms with Gasteiger partial charge in [-0.3, -0.25) is 0 Å². The minimum absolute atomic E-state index is 0.123. The normalized spacial score (nSPS) is 15.1. The van der Waals surface area contributed by atoms with Crippen LogP contribution in [0.25, 0.3) is 0 Å². The van der Waals surface area contributed by atoms with E-state index in [4.69, 9.17) is 11.6 Å². The number of alkyl halides is 5. The molecule has 1 aromatic heterocycles. The molecule has 1 unspecified atom stereocenters. The predicted molar refractivity (Wildman–Crippen MR) is 59.8 cm³/mol. The molecule has 0 bridgehead atoms. The predicted octanol–water partition coefficient (Wildman–Crippen LogP) is 4.62. The summed E-state index contributed by atoms with van der Waals surface area (Å²) in [4.78, 5) is -0.188. The van der Waals surface area contributed by atoms with Crippen molar-refractivity contribution in [1.82, 2.24) is 5.32 Å². The summed E-state index contributed by atoms with van der Waals surface area (Å²) in [5, 5.41) is 1.97. The van der Waals surface area contributed by atoms with Crippen molar-refractivity contribution in [2.45, 2.75) is 18.1 Å². The second-order valence-corrected chi connectivity index (χ2v) is 5.65. The maximum absolute atomic E-state index is 13.2. The molecule has 1 heterocycles. The lowest BCUT2D eigenvalue weighted by Crippen LogP contribution is -2.46. The fourth-order valence-corrected chi connectivity index (χ4v) is 3.06. The van der Waals surface area contributed by atoms with Crippen LogP contribution in [0.3, 0.4) is 0 Å². The molecule has 0 saturated heterocycles. The van der Waals surface area contributed by atoms with Crippen molar-refractivity contribution >= 4 is 38.9 Å². The van der Waals surface area contributed by atoms with E-state index in [0.717, 1.165) is 13.1 Å². The van der Waals surface area contributed by atoms with Gasteiger partial charge in [0.05, 0.1) is 0 Å². The minimum Gasteiger partial charge on any atom is -0.307 e. The summed E-state index contributed by atoms with van der Waals surface area (Å²) in [6.45, 7) is 0. The lowest BCUT2D eigenvalue weighted by molar-refractivity contribution is -0.293. The van der Waals surface area contributed by atoms with Gasteiger partial charge in [-0.15, -0.1) is 11.3 Å². The van der Waals surface area contributed by atoms with E-state index in [-0.39, 0.29) is 13.7 Å². The van der Waals surface area contributed by atoms with E-state index in [1.807, 2.05) is 5.32 Å². The molecule has 0 spiro atoms. The van der Waals surface area contributed by atoms with Gasteiger partial charge in [0.15, 0.2) is 0 Å². The first-order valence-electron chi connectivity index (χ1n) is 4.17. The Kier molecular flexibility index (Phi) is 4.44. The largest absolute Gasteiger partial charge is 0.455 e. The molecule has 1 atom stereocenters. The lowest BCUT2D eigenvalue weighted by atomic mass is 10.1. The van der Waals surface area contributed by atoms with Crippen molar-refractivity contribution in [3.8, 4) is 0 Å². The summed E-state index contributed by atoms with van der Waals surface area (Å²) in [5.74, 6) is -4.87. The smallest absolute Gasteiger partial charge is 0.307 e. The summed E-state index contributed by atoms with van der Waals surface area (Å²) >= 11 is 9.23. The highest BCUT2D eigenvalue weighted by molar-refractivity contribution is 9.10. The molecular formula is C8H6BrClF5NS. The van der Waals surface area contributed by atoms with Crippen molar-refractivity contribution in [2.24, 2.45) is 0 Å². The van der Waals surface area contributed by atoms with Crippen LogP contribution in [0.5, 0.6) is 0 Å². The summed E-state index contributed by atoms with van der Waals surface area (Å²) in [5.41, 5.74) is 0. The number of thiophene rings is 1. The molecule has 0 saturated carbocycles. The molecule has 9 heteroatoms. The molecule has 98 valence electrons. The second kappa shape index (κ2) is 4.99. The van der Waals surface area contributed by atoms with E-state index < -0.39 is 18.1 Å². The zero-order valence-electron chi connectivity index (χ0n) is 8.21. The molecule has 1 N–H and O–H groups in total. The van der Waals surface area contributed by atoms with Gasteiger partial charge in [-0.2, -0.15) is 22.0 Å². The highest BCUT2D eigenvalue weighted by Gasteiger charge is 2.62. The lowest BCUT2D eigenvalue weighted by Gasteiger charge is -2.27. The topological polar surface area (TPSA) is 12.0 Å². The first-order chi connectivity index (χ1) is 7.61. The van der Waals surface area contributed by atoms with Gasteiger partial charge < -0.3 is 5.32 Å². The third-order valence-corrected chi connectivity index (χ3v) is 4.52. The molecule has 1 aromatic rings. The van der Waals surface area contributed by atoms with Gasteiger partial charge in [-0.25, -0.2) is 0 Å². The molecule has 0 radical (unpaired) electrons. The van der Waals surface area contributed by atoms with Crippen LogP contribution < -0.4 is 5.32 Å². The van der Waals surface area contributed by atoms with Crippen LogP contribution in [-0.4, -0.2) is 19.1 Å². The van der Waals surface area contributed by atoms with Gasteiger partial charge in [0, 0.05) is 9.35 Å². The van der Waals surface area contributed by atoms with Crippen molar-refractivity contribution in [3.05, 3.63) is 19.8 Å². The van der Waals surface area contributed by atoms with E-state index in [2.05, 4.69) is 15.9 Å².